The smallest absolute Gasteiger partial charge is 0.277 e. The van der Waals surface area contributed by atoms with E-state index in [4.69, 9.17) is 16.3 Å². The molecule has 0 fully saturated rings. The van der Waals surface area contributed by atoms with E-state index in [2.05, 4.69) is 26.5 Å². The van der Waals surface area contributed by atoms with Gasteiger partial charge in [0.15, 0.2) is 6.61 Å². The molecule has 0 aliphatic rings. The molecule has 0 unspecified atom stereocenters. The molecule has 22 heavy (non-hydrogen) atoms. The van der Waals surface area contributed by atoms with Crippen LogP contribution in [0, 0.1) is 6.92 Å². The van der Waals surface area contributed by atoms with Gasteiger partial charge in [0.05, 0.1) is 6.21 Å². The molecular formula is C16H14BrClN2O2. The van der Waals surface area contributed by atoms with Gasteiger partial charge in [-0.2, -0.15) is 5.10 Å². The van der Waals surface area contributed by atoms with Crippen molar-refractivity contribution in [3.63, 3.8) is 0 Å². The molecule has 0 heterocycles. The lowest BCUT2D eigenvalue weighted by atomic mass is 10.2. The number of hydrogen-bond donors (Lipinski definition) is 1. The number of aryl methyl sites for hydroxylation is 1. The summed E-state index contributed by atoms with van der Waals surface area (Å²) in [6.45, 7) is 1.75. The monoisotopic (exact) mass is 380 g/mol. The average Bonchev–Trinajstić information content (AvgIpc) is 2.48. The molecule has 0 atom stereocenters. The second kappa shape index (κ2) is 7.96. The lowest BCUT2D eigenvalue weighted by Crippen LogP contribution is -2.24. The van der Waals surface area contributed by atoms with Gasteiger partial charge in [-0.1, -0.05) is 45.7 Å². The molecular weight excluding hydrogens is 368 g/mol. The Hall–Kier alpha value is -1.85. The van der Waals surface area contributed by atoms with E-state index in [0.29, 0.717) is 10.8 Å². The zero-order chi connectivity index (χ0) is 15.9. The van der Waals surface area contributed by atoms with Crippen LogP contribution in [-0.4, -0.2) is 18.7 Å². The van der Waals surface area contributed by atoms with Crippen LogP contribution in [0.15, 0.2) is 52.0 Å². The third kappa shape index (κ3) is 4.86. The van der Waals surface area contributed by atoms with E-state index >= 15 is 0 Å². The lowest BCUT2D eigenvalue weighted by molar-refractivity contribution is -0.123. The van der Waals surface area contributed by atoms with Crippen LogP contribution in [0.2, 0.25) is 5.02 Å². The molecule has 6 heteroatoms. The molecule has 0 aliphatic carbocycles. The SMILES string of the molecule is Cc1cc(Cl)ccc1OCC(=O)N/N=C/c1ccccc1Br. The molecule has 0 saturated heterocycles. The first-order valence-electron chi connectivity index (χ1n) is 6.51. The van der Waals surface area contributed by atoms with Crippen molar-refractivity contribution in [2.75, 3.05) is 6.61 Å². The van der Waals surface area contributed by atoms with Gasteiger partial charge < -0.3 is 4.74 Å². The number of rotatable bonds is 5. The minimum atomic E-state index is -0.336. The van der Waals surface area contributed by atoms with Crippen molar-refractivity contribution >= 4 is 39.7 Å². The lowest BCUT2D eigenvalue weighted by Gasteiger charge is -2.08. The number of halogens is 2. The van der Waals surface area contributed by atoms with Gasteiger partial charge in [0, 0.05) is 15.1 Å². The minimum absolute atomic E-state index is 0.115. The summed E-state index contributed by atoms with van der Waals surface area (Å²) >= 11 is 9.26. The molecule has 0 aromatic heterocycles. The topological polar surface area (TPSA) is 50.7 Å². The van der Waals surface area contributed by atoms with E-state index in [1.54, 1.807) is 24.4 Å². The van der Waals surface area contributed by atoms with E-state index in [1.165, 1.54) is 0 Å². The third-order valence-electron chi connectivity index (χ3n) is 2.79. The highest BCUT2D eigenvalue weighted by atomic mass is 79.9. The fraction of sp³-hybridized carbons (Fsp3) is 0.125. The van der Waals surface area contributed by atoms with Gasteiger partial charge in [-0.3, -0.25) is 4.79 Å². The number of hydrazone groups is 1. The summed E-state index contributed by atoms with van der Waals surface area (Å²) in [6, 6.07) is 12.8. The van der Waals surface area contributed by atoms with Crippen LogP contribution < -0.4 is 10.2 Å². The predicted octanol–water partition coefficient (Wildman–Crippen LogP) is 3.94. The molecule has 4 nitrogen and oxygen atoms in total. The normalized spacial score (nSPS) is 10.7. The predicted molar refractivity (Wildman–Crippen MR) is 91.6 cm³/mol. The van der Waals surface area contributed by atoms with Crippen LogP contribution in [0.5, 0.6) is 5.75 Å². The van der Waals surface area contributed by atoms with Crippen LogP contribution >= 0.6 is 27.5 Å². The van der Waals surface area contributed by atoms with Gasteiger partial charge in [-0.25, -0.2) is 5.43 Å². The van der Waals surface area contributed by atoms with Crippen molar-refractivity contribution in [1.82, 2.24) is 5.43 Å². The second-order valence-electron chi connectivity index (χ2n) is 4.51. The van der Waals surface area contributed by atoms with Gasteiger partial charge in [0.2, 0.25) is 0 Å². The molecule has 0 radical (unpaired) electrons. The van der Waals surface area contributed by atoms with Crippen molar-refractivity contribution in [3.8, 4) is 5.75 Å². The van der Waals surface area contributed by atoms with Crippen molar-refractivity contribution < 1.29 is 9.53 Å². The number of benzene rings is 2. The largest absolute Gasteiger partial charge is 0.483 e. The number of hydrogen-bond acceptors (Lipinski definition) is 3. The van der Waals surface area contributed by atoms with Gasteiger partial charge in [-0.15, -0.1) is 0 Å². The molecule has 0 aliphatic heterocycles. The van der Waals surface area contributed by atoms with Crippen molar-refractivity contribution in [2.45, 2.75) is 6.92 Å². The quantitative estimate of drug-likeness (QED) is 0.630. The second-order valence-corrected chi connectivity index (χ2v) is 5.80. The molecule has 1 N–H and O–H groups in total. The van der Waals surface area contributed by atoms with Crippen molar-refractivity contribution in [2.24, 2.45) is 5.10 Å². The number of carbonyl (C=O) groups excluding carboxylic acids is 1. The zero-order valence-corrected chi connectivity index (χ0v) is 14.2. The fourth-order valence-electron chi connectivity index (χ4n) is 1.70. The maximum absolute atomic E-state index is 11.7. The van der Waals surface area contributed by atoms with Crippen LogP contribution in [0.1, 0.15) is 11.1 Å². The number of amides is 1. The first-order chi connectivity index (χ1) is 10.6. The Morgan fingerprint density at radius 1 is 1.36 bits per heavy atom. The number of nitrogens with zero attached hydrogens (tertiary/aromatic N) is 1. The molecule has 0 spiro atoms. The first kappa shape index (κ1) is 16.5. The van der Waals surface area contributed by atoms with E-state index < -0.39 is 0 Å². The highest BCUT2D eigenvalue weighted by molar-refractivity contribution is 9.10. The Morgan fingerprint density at radius 2 is 2.14 bits per heavy atom. The Kier molecular flexibility index (Phi) is 5.98. The summed E-state index contributed by atoms with van der Waals surface area (Å²) in [5.41, 5.74) is 4.16. The standard InChI is InChI=1S/C16H14BrClN2O2/c1-11-8-13(18)6-7-15(11)22-10-16(21)20-19-9-12-4-2-3-5-14(12)17/h2-9H,10H2,1H3,(H,20,21)/b19-9+. The van der Waals surface area contributed by atoms with Crippen LogP contribution in [-0.2, 0) is 4.79 Å². The van der Waals surface area contributed by atoms with Crippen LogP contribution in [0.4, 0.5) is 0 Å². The summed E-state index contributed by atoms with van der Waals surface area (Å²) in [4.78, 5) is 11.7. The summed E-state index contributed by atoms with van der Waals surface area (Å²) in [7, 11) is 0. The summed E-state index contributed by atoms with van der Waals surface area (Å²) in [6.07, 6.45) is 1.57. The highest BCUT2D eigenvalue weighted by Crippen LogP contribution is 2.21. The first-order valence-corrected chi connectivity index (χ1v) is 7.69. The molecule has 0 bridgehead atoms. The van der Waals surface area contributed by atoms with Gasteiger partial charge in [0.1, 0.15) is 5.75 Å². The maximum atomic E-state index is 11.7. The Bertz CT molecular complexity index is 704. The van der Waals surface area contributed by atoms with Gasteiger partial charge >= 0.3 is 0 Å². The molecule has 1 amide bonds. The summed E-state index contributed by atoms with van der Waals surface area (Å²) < 4.78 is 6.33. The molecule has 2 rings (SSSR count). The van der Waals surface area contributed by atoms with Crippen molar-refractivity contribution in [1.29, 1.82) is 0 Å². The van der Waals surface area contributed by atoms with Gasteiger partial charge in [0.25, 0.3) is 5.91 Å². The Morgan fingerprint density at radius 3 is 2.86 bits per heavy atom. The molecule has 114 valence electrons. The zero-order valence-electron chi connectivity index (χ0n) is 11.8. The van der Waals surface area contributed by atoms with Crippen LogP contribution in [0.3, 0.4) is 0 Å². The van der Waals surface area contributed by atoms with Crippen molar-refractivity contribution in [3.05, 3.63) is 63.1 Å². The van der Waals surface area contributed by atoms with E-state index in [9.17, 15) is 4.79 Å². The number of carbonyl (C=O) groups is 1. The number of ether oxygens (including phenoxy) is 1. The average molecular weight is 382 g/mol. The van der Waals surface area contributed by atoms with E-state index in [-0.39, 0.29) is 12.5 Å². The van der Waals surface area contributed by atoms with Gasteiger partial charge in [-0.05, 0) is 36.8 Å². The Labute approximate surface area is 142 Å². The maximum Gasteiger partial charge on any atom is 0.277 e. The third-order valence-corrected chi connectivity index (χ3v) is 3.75. The minimum Gasteiger partial charge on any atom is -0.483 e. The molecule has 0 saturated carbocycles. The summed E-state index contributed by atoms with van der Waals surface area (Å²) in [5.74, 6) is 0.284. The van der Waals surface area contributed by atoms with E-state index in [1.807, 2.05) is 31.2 Å². The Balaban J connectivity index is 1.84. The highest BCUT2D eigenvalue weighted by Gasteiger charge is 2.04. The summed E-state index contributed by atoms with van der Waals surface area (Å²) in [5, 5.41) is 4.53. The fourth-order valence-corrected chi connectivity index (χ4v) is 2.32. The molecule has 2 aromatic carbocycles. The van der Waals surface area contributed by atoms with E-state index in [0.717, 1.165) is 15.6 Å². The molecule has 2 aromatic rings. The number of nitrogens with one attached hydrogen (secondary N) is 1. The van der Waals surface area contributed by atoms with Crippen LogP contribution in [0.25, 0.3) is 0 Å².